The molecule has 2 aromatic carbocycles. The number of amidine groups is 1. The summed E-state index contributed by atoms with van der Waals surface area (Å²) in [5.74, 6) is -0.839. The number of nitrogens with zero attached hydrogens (tertiary/aromatic N) is 2. The monoisotopic (exact) mass is 489 g/mol. The Morgan fingerprint density at radius 3 is 2.47 bits per heavy atom. The van der Waals surface area contributed by atoms with E-state index in [2.05, 4.69) is 26.2 Å². The molecule has 1 aliphatic heterocycles. The van der Waals surface area contributed by atoms with Gasteiger partial charge >= 0.3 is 5.97 Å². The zero-order chi connectivity index (χ0) is 21.7. The second-order valence-corrected chi connectivity index (χ2v) is 8.46. The van der Waals surface area contributed by atoms with E-state index < -0.39 is 11.2 Å². The Balaban J connectivity index is 1.79. The number of carbonyl (C=O) groups is 3. The number of ether oxygens (including phenoxy) is 1. The lowest BCUT2D eigenvalue weighted by molar-refractivity contribution is -0.129. The minimum atomic E-state index is -0.586. The van der Waals surface area contributed by atoms with Gasteiger partial charge in [0, 0.05) is 23.1 Å². The first-order valence-electron chi connectivity index (χ1n) is 9.21. The SMILES string of the molecule is CCN1C(=O)CC(C(=O)Nc2ccc(Br)cc2)SC1=Nc1ccc(C(=O)OC)cc1. The number of benzene rings is 2. The van der Waals surface area contributed by atoms with Crippen molar-refractivity contribution in [2.75, 3.05) is 19.0 Å². The number of esters is 1. The number of hydrogen-bond donors (Lipinski definition) is 1. The normalized spacial score (nSPS) is 17.7. The lowest BCUT2D eigenvalue weighted by Gasteiger charge is -2.30. The average Bonchev–Trinajstić information content (AvgIpc) is 2.75. The molecule has 30 heavy (non-hydrogen) atoms. The van der Waals surface area contributed by atoms with E-state index in [-0.39, 0.29) is 18.2 Å². The molecule has 3 rings (SSSR count). The van der Waals surface area contributed by atoms with Crippen molar-refractivity contribution in [3.8, 4) is 0 Å². The number of aliphatic imine (C=N–C) groups is 1. The van der Waals surface area contributed by atoms with Crippen molar-refractivity contribution in [1.29, 1.82) is 0 Å². The van der Waals surface area contributed by atoms with Crippen molar-refractivity contribution in [3.63, 3.8) is 0 Å². The summed E-state index contributed by atoms with van der Waals surface area (Å²) in [6.45, 7) is 2.31. The minimum absolute atomic E-state index is 0.0984. The van der Waals surface area contributed by atoms with Gasteiger partial charge in [0.1, 0.15) is 5.25 Å². The number of nitrogens with one attached hydrogen (secondary N) is 1. The van der Waals surface area contributed by atoms with E-state index >= 15 is 0 Å². The standard InChI is InChI=1S/C21H20BrN3O4S/c1-3-25-18(26)12-17(19(27)23-15-10-6-14(22)7-11-15)30-21(25)24-16-8-4-13(5-9-16)20(28)29-2/h4-11,17H,3,12H2,1-2H3,(H,23,27). The molecule has 1 saturated heterocycles. The summed E-state index contributed by atoms with van der Waals surface area (Å²) >= 11 is 4.61. The zero-order valence-electron chi connectivity index (χ0n) is 16.4. The molecule has 0 spiro atoms. The molecule has 0 aromatic heterocycles. The number of hydrogen-bond acceptors (Lipinski definition) is 6. The van der Waals surface area contributed by atoms with Crippen LogP contribution in [0.4, 0.5) is 11.4 Å². The van der Waals surface area contributed by atoms with Crippen LogP contribution in [0.3, 0.4) is 0 Å². The molecule has 1 heterocycles. The molecule has 1 atom stereocenters. The Hall–Kier alpha value is -2.65. The average molecular weight is 490 g/mol. The molecule has 9 heteroatoms. The number of thioether (sulfide) groups is 1. The third-order valence-electron chi connectivity index (χ3n) is 4.37. The van der Waals surface area contributed by atoms with Crippen molar-refractivity contribution in [1.82, 2.24) is 4.90 Å². The molecule has 1 unspecified atom stereocenters. The predicted octanol–water partition coefficient (Wildman–Crippen LogP) is 4.22. The molecule has 1 N–H and O–H groups in total. The summed E-state index contributed by atoms with van der Waals surface area (Å²) in [6, 6.07) is 13.8. The number of halogens is 1. The highest BCUT2D eigenvalue weighted by atomic mass is 79.9. The largest absolute Gasteiger partial charge is 0.465 e. The van der Waals surface area contributed by atoms with E-state index in [1.807, 2.05) is 19.1 Å². The van der Waals surface area contributed by atoms with Crippen LogP contribution in [-0.2, 0) is 14.3 Å². The molecule has 1 fully saturated rings. The van der Waals surface area contributed by atoms with Crippen LogP contribution in [0, 0.1) is 0 Å². The zero-order valence-corrected chi connectivity index (χ0v) is 18.8. The Morgan fingerprint density at radius 1 is 1.20 bits per heavy atom. The number of carbonyl (C=O) groups excluding carboxylic acids is 3. The topological polar surface area (TPSA) is 88.1 Å². The van der Waals surface area contributed by atoms with Gasteiger partial charge in [-0.2, -0.15) is 0 Å². The van der Waals surface area contributed by atoms with E-state index in [1.165, 1.54) is 18.9 Å². The molecule has 0 bridgehead atoms. The summed E-state index contributed by atoms with van der Waals surface area (Å²) in [5, 5.41) is 2.71. The van der Waals surface area contributed by atoms with Gasteiger partial charge < -0.3 is 10.1 Å². The highest BCUT2D eigenvalue weighted by molar-refractivity contribution is 9.10. The lowest BCUT2D eigenvalue weighted by Crippen LogP contribution is -2.45. The van der Waals surface area contributed by atoms with Crippen molar-refractivity contribution in [2.24, 2.45) is 4.99 Å². The molecule has 156 valence electrons. The Kier molecular flexibility index (Phi) is 7.28. The highest BCUT2D eigenvalue weighted by Gasteiger charge is 2.35. The van der Waals surface area contributed by atoms with Crippen LogP contribution in [-0.4, -0.2) is 46.8 Å². The van der Waals surface area contributed by atoms with Crippen LogP contribution in [0.25, 0.3) is 0 Å². The first kappa shape index (κ1) is 22.0. The van der Waals surface area contributed by atoms with Gasteiger partial charge in [0.2, 0.25) is 11.8 Å². The Bertz CT molecular complexity index is 977. The van der Waals surface area contributed by atoms with Crippen LogP contribution < -0.4 is 5.32 Å². The third-order valence-corrected chi connectivity index (χ3v) is 6.09. The Labute approximate surface area is 187 Å². The number of rotatable bonds is 5. The van der Waals surface area contributed by atoms with Gasteiger partial charge in [0.05, 0.1) is 18.4 Å². The fourth-order valence-corrected chi connectivity index (χ4v) is 4.24. The van der Waals surface area contributed by atoms with Gasteiger partial charge in [-0.1, -0.05) is 27.7 Å². The molecular formula is C21H20BrN3O4S. The second kappa shape index (κ2) is 9.90. The molecule has 2 amide bonds. The first-order valence-corrected chi connectivity index (χ1v) is 10.9. The molecular weight excluding hydrogens is 470 g/mol. The predicted molar refractivity (Wildman–Crippen MR) is 121 cm³/mol. The van der Waals surface area contributed by atoms with Crippen LogP contribution in [0.5, 0.6) is 0 Å². The van der Waals surface area contributed by atoms with Crippen LogP contribution in [0.1, 0.15) is 23.7 Å². The van der Waals surface area contributed by atoms with Crippen molar-refractivity contribution in [3.05, 3.63) is 58.6 Å². The van der Waals surface area contributed by atoms with Gasteiger partial charge in [-0.05, 0) is 55.5 Å². The van der Waals surface area contributed by atoms with E-state index in [9.17, 15) is 14.4 Å². The quantitative estimate of drug-likeness (QED) is 0.635. The third kappa shape index (κ3) is 5.28. The van der Waals surface area contributed by atoms with E-state index in [0.717, 1.165) is 4.47 Å². The number of methoxy groups -OCH3 is 1. The van der Waals surface area contributed by atoms with Crippen molar-refractivity contribution < 1.29 is 19.1 Å². The fraction of sp³-hybridized carbons (Fsp3) is 0.238. The van der Waals surface area contributed by atoms with Gasteiger partial charge in [0.15, 0.2) is 5.17 Å². The van der Waals surface area contributed by atoms with E-state index in [0.29, 0.717) is 28.7 Å². The maximum atomic E-state index is 12.7. The molecule has 0 aliphatic carbocycles. The van der Waals surface area contributed by atoms with Gasteiger partial charge in [-0.25, -0.2) is 9.79 Å². The molecule has 1 aliphatic rings. The highest BCUT2D eigenvalue weighted by Crippen LogP contribution is 2.30. The second-order valence-electron chi connectivity index (χ2n) is 6.38. The van der Waals surface area contributed by atoms with Crippen molar-refractivity contribution >= 4 is 62.0 Å². The lowest BCUT2D eigenvalue weighted by atomic mass is 10.2. The first-order chi connectivity index (χ1) is 14.4. The van der Waals surface area contributed by atoms with Crippen LogP contribution in [0.15, 0.2) is 58.0 Å². The number of anilines is 1. The smallest absolute Gasteiger partial charge is 0.337 e. The van der Waals surface area contributed by atoms with Crippen LogP contribution >= 0.6 is 27.7 Å². The molecule has 0 radical (unpaired) electrons. The summed E-state index contributed by atoms with van der Waals surface area (Å²) in [5.41, 5.74) is 1.64. The maximum absolute atomic E-state index is 12.7. The molecule has 0 saturated carbocycles. The summed E-state index contributed by atoms with van der Waals surface area (Å²) in [4.78, 5) is 43.0. The molecule has 2 aromatic rings. The summed E-state index contributed by atoms with van der Waals surface area (Å²) < 4.78 is 5.60. The minimum Gasteiger partial charge on any atom is -0.465 e. The fourth-order valence-electron chi connectivity index (χ4n) is 2.81. The summed E-state index contributed by atoms with van der Waals surface area (Å²) in [7, 11) is 1.32. The molecule has 7 nitrogen and oxygen atoms in total. The maximum Gasteiger partial charge on any atom is 0.337 e. The summed E-state index contributed by atoms with van der Waals surface area (Å²) in [6.07, 6.45) is 0.0984. The number of amides is 2. The van der Waals surface area contributed by atoms with Gasteiger partial charge in [-0.15, -0.1) is 0 Å². The van der Waals surface area contributed by atoms with Crippen molar-refractivity contribution in [2.45, 2.75) is 18.6 Å². The van der Waals surface area contributed by atoms with Gasteiger partial charge in [-0.3, -0.25) is 14.5 Å². The van der Waals surface area contributed by atoms with E-state index in [1.54, 1.807) is 41.3 Å². The van der Waals surface area contributed by atoms with E-state index in [4.69, 9.17) is 4.74 Å². The van der Waals surface area contributed by atoms with Gasteiger partial charge in [0.25, 0.3) is 0 Å². The Morgan fingerprint density at radius 2 is 1.87 bits per heavy atom. The van der Waals surface area contributed by atoms with Crippen LogP contribution in [0.2, 0.25) is 0 Å².